The van der Waals surface area contributed by atoms with Gasteiger partial charge in [0.2, 0.25) is 10.0 Å². The van der Waals surface area contributed by atoms with Crippen molar-refractivity contribution in [3.63, 3.8) is 0 Å². The molecule has 0 fully saturated rings. The number of hydrogen-bond acceptors (Lipinski definition) is 5. The van der Waals surface area contributed by atoms with Gasteiger partial charge in [0.05, 0.1) is 23.9 Å². The highest BCUT2D eigenvalue weighted by atomic mass is 32.2. The van der Waals surface area contributed by atoms with Crippen LogP contribution in [0.5, 0.6) is 0 Å². The van der Waals surface area contributed by atoms with Gasteiger partial charge in [0.25, 0.3) is 0 Å². The van der Waals surface area contributed by atoms with E-state index in [4.69, 9.17) is 5.11 Å². The Balaban J connectivity index is 2.23. The monoisotopic (exact) mass is 284 g/mol. The van der Waals surface area contributed by atoms with E-state index in [-0.39, 0.29) is 18.7 Å². The number of nitrogens with zero attached hydrogens (tertiary/aromatic N) is 3. The van der Waals surface area contributed by atoms with Crippen molar-refractivity contribution < 1.29 is 18.3 Å². The van der Waals surface area contributed by atoms with Crippen molar-refractivity contribution in [3.8, 4) is 0 Å². The summed E-state index contributed by atoms with van der Waals surface area (Å²) in [6.07, 6.45) is 1.06. The zero-order valence-electron chi connectivity index (χ0n) is 10.1. The summed E-state index contributed by atoms with van der Waals surface area (Å²) in [5.41, 5.74) is 1.24. The smallest absolute Gasteiger partial charge is 0.335 e. The van der Waals surface area contributed by atoms with E-state index in [0.717, 1.165) is 6.26 Å². The number of benzene rings is 1. The van der Waals surface area contributed by atoms with Gasteiger partial charge in [0.15, 0.2) is 0 Å². The van der Waals surface area contributed by atoms with Crippen LogP contribution in [0.25, 0.3) is 11.0 Å². The first-order valence-corrected chi connectivity index (χ1v) is 7.27. The van der Waals surface area contributed by atoms with Gasteiger partial charge in [-0.1, -0.05) is 5.21 Å². The lowest BCUT2D eigenvalue weighted by Gasteiger charge is -2.03. The van der Waals surface area contributed by atoms with Crippen molar-refractivity contribution in [2.75, 3.05) is 12.8 Å². The number of carboxylic acid groups (broad SMARTS) is 1. The molecule has 2 N–H and O–H groups in total. The highest BCUT2D eigenvalue weighted by Crippen LogP contribution is 2.13. The van der Waals surface area contributed by atoms with Gasteiger partial charge in [-0.25, -0.2) is 22.6 Å². The molecule has 2 aromatic rings. The van der Waals surface area contributed by atoms with Crippen LogP contribution in [-0.2, 0) is 16.6 Å². The molecule has 0 saturated heterocycles. The van der Waals surface area contributed by atoms with Crippen molar-refractivity contribution in [1.29, 1.82) is 0 Å². The van der Waals surface area contributed by atoms with Crippen LogP contribution in [0.15, 0.2) is 18.2 Å². The fraction of sp³-hybridized carbons (Fsp3) is 0.300. The first-order valence-electron chi connectivity index (χ1n) is 5.38. The molecule has 2 rings (SSSR count). The zero-order valence-corrected chi connectivity index (χ0v) is 10.9. The van der Waals surface area contributed by atoms with Crippen molar-refractivity contribution in [2.45, 2.75) is 6.54 Å². The molecule has 0 unspecified atom stereocenters. The van der Waals surface area contributed by atoms with Crippen LogP contribution in [0.1, 0.15) is 10.4 Å². The third-order valence-electron chi connectivity index (χ3n) is 2.45. The van der Waals surface area contributed by atoms with Crippen LogP contribution >= 0.6 is 0 Å². The van der Waals surface area contributed by atoms with Gasteiger partial charge < -0.3 is 5.11 Å². The van der Waals surface area contributed by atoms with Crippen molar-refractivity contribution in [1.82, 2.24) is 19.7 Å². The van der Waals surface area contributed by atoms with E-state index in [0.29, 0.717) is 11.0 Å². The van der Waals surface area contributed by atoms with Crippen LogP contribution in [0.4, 0.5) is 0 Å². The van der Waals surface area contributed by atoms with Crippen molar-refractivity contribution in [3.05, 3.63) is 23.8 Å². The minimum atomic E-state index is -3.26. The van der Waals surface area contributed by atoms with Gasteiger partial charge >= 0.3 is 5.97 Å². The number of carbonyl (C=O) groups is 1. The molecular formula is C10H12N4O4S. The van der Waals surface area contributed by atoms with E-state index in [1.165, 1.54) is 16.8 Å². The Kier molecular flexibility index (Phi) is 3.49. The topological polar surface area (TPSA) is 114 Å². The first kappa shape index (κ1) is 13.4. The second kappa shape index (κ2) is 4.94. The van der Waals surface area contributed by atoms with E-state index in [9.17, 15) is 13.2 Å². The molecular weight excluding hydrogens is 272 g/mol. The molecule has 9 heteroatoms. The number of hydrogen-bond donors (Lipinski definition) is 2. The van der Waals surface area contributed by atoms with Gasteiger partial charge in [-0.15, -0.1) is 5.10 Å². The molecule has 0 saturated carbocycles. The van der Waals surface area contributed by atoms with Crippen LogP contribution in [-0.4, -0.2) is 47.3 Å². The molecule has 0 spiro atoms. The fourth-order valence-electron chi connectivity index (χ4n) is 1.60. The average Bonchev–Trinajstić information content (AvgIpc) is 2.70. The third-order valence-corrected chi connectivity index (χ3v) is 3.18. The Hall–Kier alpha value is -2.00. The lowest BCUT2D eigenvalue weighted by Crippen LogP contribution is -2.26. The number of rotatable bonds is 5. The van der Waals surface area contributed by atoms with Crippen molar-refractivity contribution >= 4 is 27.0 Å². The minimum Gasteiger partial charge on any atom is -0.478 e. The highest BCUT2D eigenvalue weighted by molar-refractivity contribution is 7.88. The Morgan fingerprint density at radius 1 is 1.47 bits per heavy atom. The molecule has 1 aromatic heterocycles. The summed E-state index contributed by atoms with van der Waals surface area (Å²) >= 11 is 0. The quantitative estimate of drug-likeness (QED) is 0.777. The zero-order chi connectivity index (χ0) is 14.0. The molecule has 0 amide bonds. The lowest BCUT2D eigenvalue weighted by molar-refractivity contribution is 0.0697. The SMILES string of the molecule is CS(=O)(=O)NCCn1nnc2ccc(C(=O)O)cc21. The summed E-state index contributed by atoms with van der Waals surface area (Å²) < 4.78 is 25.7. The largest absolute Gasteiger partial charge is 0.478 e. The maximum atomic E-state index is 10.9. The summed E-state index contributed by atoms with van der Waals surface area (Å²) in [6.45, 7) is 0.432. The van der Waals surface area contributed by atoms with Gasteiger partial charge in [0, 0.05) is 6.54 Å². The Labute approximate surface area is 109 Å². The number of carboxylic acids is 1. The number of nitrogens with one attached hydrogen (secondary N) is 1. The van der Waals surface area contributed by atoms with Gasteiger partial charge in [-0.2, -0.15) is 0 Å². The molecule has 0 radical (unpaired) electrons. The van der Waals surface area contributed by atoms with Gasteiger partial charge in [-0.05, 0) is 18.2 Å². The Morgan fingerprint density at radius 3 is 2.84 bits per heavy atom. The summed E-state index contributed by atoms with van der Waals surface area (Å²) in [5.74, 6) is -1.04. The maximum absolute atomic E-state index is 10.9. The Bertz CT molecular complexity index is 722. The van der Waals surface area contributed by atoms with E-state index in [1.54, 1.807) is 6.07 Å². The van der Waals surface area contributed by atoms with Crippen LogP contribution in [0, 0.1) is 0 Å². The number of sulfonamides is 1. The summed E-state index contributed by atoms with van der Waals surface area (Å²) in [7, 11) is -3.26. The number of fused-ring (bicyclic) bond motifs is 1. The number of aromatic nitrogens is 3. The van der Waals surface area contributed by atoms with Crippen LogP contribution in [0.3, 0.4) is 0 Å². The highest BCUT2D eigenvalue weighted by Gasteiger charge is 2.09. The molecule has 1 heterocycles. The summed E-state index contributed by atoms with van der Waals surface area (Å²) in [6, 6.07) is 4.46. The predicted octanol–water partition coefficient (Wildman–Crippen LogP) is -0.321. The van der Waals surface area contributed by atoms with Crippen molar-refractivity contribution in [2.24, 2.45) is 0 Å². The molecule has 0 aliphatic carbocycles. The van der Waals surface area contributed by atoms with E-state index in [1.807, 2.05) is 0 Å². The molecule has 102 valence electrons. The standard InChI is InChI=1S/C10H12N4O4S/c1-19(17,18)11-4-5-14-9-6-7(10(15)16)2-3-8(9)12-13-14/h2-3,6,11H,4-5H2,1H3,(H,15,16). The normalized spacial score (nSPS) is 11.8. The molecule has 0 aliphatic heterocycles. The maximum Gasteiger partial charge on any atom is 0.335 e. The van der Waals surface area contributed by atoms with Crippen LogP contribution < -0.4 is 4.72 Å². The average molecular weight is 284 g/mol. The van der Waals surface area contributed by atoms with Gasteiger partial charge in [-0.3, -0.25) is 0 Å². The second-order valence-electron chi connectivity index (χ2n) is 3.99. The lowest BCUT2D eigenvalue weighted by atomic mass is 10.2. The fourth-order valence-corrected chi connectivity index (χ4v) is 2.06. The second-order valence-corrected chi connectivity index (χ2v) is 5.82. The predicted molar refractivity (Wildman–Crippen MR) is 67.3 cm³/mol. The number of aromatic carboxylic acids is 1. The molecule has 19 heavy (non-hydrogen) atoms. The first-order chi connectivity index (χ1) is 8.87. The molecule has 0 bridgehead atoms. The summed E-state index contributed by atoms with van der Waals surface area (Å²) in [5, 5.41) is 16.6. The van der Waals surface area contributed by atoms with E-state index >= 15 is 0 Å². The van der Waals surface area contributed by atoms with Gasteiger partial charge in [0.1, 0.15) is 5.52 Å². The molecule has 8 nitrogen and oxygen atoms in total. The van der Waals surface area contributed by atoms with E-state index in [2.05, 4.69) is 15.0 Å². The third kappa shape index (κ3) is 3.26. The minimum absolute atomic E-state index is 0.132. The molecule has 1 aromatic carbocycles. The van der Waals surface area contributed by atoms with E-state index < -0.39 is 16.0 Å². The Morgan fingerprint density at radius 2 is 2.21 bits per heavy atom. The summed E-state index contributed by atoms with van der Waals surface area (Å²) in [4.78, 5) is 10.9. The molecule has 0 atom stereocenters. The molecule has 0 aliphatic rings. The van der Waals surface area contributed by atoms with Crippen LogP contribution in [0.2, 0.25) is 0 Å².